The second-order valence-electron chi connectivity index (χ2n) is 10.4. The molecular formula is C30H27F2N7O4. The summed E-state index contributed by atoms with van der Waals surface area (Å²) < 4.78 is 46.2. The number of ether oxygens (including phenoxy) is 3. The van der Waals surface area contributed by atoms with E-state index in [9.17, 15) is 13.6 Å². The van der Waals surface area contributed by atoms with Crippen molar-refractivity contribution in [3.05, 3.63) is 83.9 Å². The van der Waals surface area contributed by atoms with Crippen LogP contribution in [0.2, 0.25) is 0 Å². The van der Waals surface area contributed by atoms with Gasteiger partial charge in [-0.15, -0.1) is 0 Å². The van der Waals surface area contributed by atoms with Gasteiger partial charge >= 0.3 is 6.61 Å². The number of benzene rings is 2. The third-order valence-electron chi connectivity index (χ3n) is 7.62. The number of nitrogens with zero attached hydrogens (tertiary/aromatic N) is 6. The first kappa shape index (κ1) is 27.0. The molecule has 220 valence electrons. The van der Waals surface area contributed by atoms with Crippen molar-refractivity contribution in [2.75, 3.05) is 25.1 Å². The second-order valence-corrected chi connectivity index (χ2v) is 10.4. The number of anilines is 1. The summed E-state index contributed by atoms with van der Waals surface area (Å²) in [5, 5.41) is 11.4. The van der Waals surface area contributed by atoms with E-state index in [-0.39, 0.29) is 28.3 Å². The molecule has 1 fully saturated rings. The zero-order valence-corrected chi connectivity index (χ0v) is 23.1. The summed E-state index contributed by atoms with van der Waals surface area (Å²) in [6.07, 6.45) is 7.18. The van der Waals surface area contributed by atoms with Gasteiger partial charge in [-0.25, -0.2) is 9.50 Å². The van der Waals surface area contributed by atoms with E-state index < -0.39 is 12.5 Å². The smallest absolute Gasteiger partial charge is 0.387 e. The van der Waals surface area contributed by atoms with Gasteiger partial charge in [0.15, 0.2) is 5.65 Å². The molecule has 0 spiro atoms. The number of carbonyl (C=O) groups is 1. The molecule has 0 unspecified atom stereocenters. The van der Waals surface area contributed by atoms with Crippen LogP contribution in [0.4, 0.5) is 14.5 Å². The van der Waals surface area contributed by atoms with E-state index in [0.717, 1.165) is 32.7 Å². The molecule has 5 heterocycles. The van der Waals surface area contributed by atoms with Gasteiger partial charge in [0, 0.05) is 38.7 Å². The van der Waals surface area contributed by atoms with Crippen molar-refractivity contribution in [2.24, 2.45) is 7.05 Å². The molecule has 5 aromatic rings. The molecule has 43 heavy (non-hydrogen) atoms. The number of rotatable bonds is 8. The van der Waals surface area contributed by atoms with E-state index in [4.69, 9.17) is 14.2 Å². The van der Waals surface area contributed by atoms with Crippen LogP contribution in [0.1, 0.15) is 21.5 Å². The van der Waals surface area contributed by atoms with Gasteiger partial charge in [0.1, 0.15) is 28.5 Å². The van der Waals surface area contributed by atoms with Crippen LogP contribution in [-0.2, 0) is 24.8 Å². The van der Waals surface area contributed by atoms with Crippen LogP contribution < -0.4 is 14.8 Å². The molecule has 1 N–H and O–H groups in total. The molecule has 0 radical (unpaired) electrons. The molecule has 1 saturated heterocycles. The van der Waals surface area contributed by atoms with Crippen LogP contribution in [0.25, 0.3) is 16.9 Å². The monoisotopic (exact) mass is 587 g/mol. The topological polar surface area (TPSA) is 108 Å². The summed E-state index contributed by atoms with van der Waals surface area (Å²) in [6.45, 7) is 0.252. The highest BCUT2D eigenvalue weighted by Crippen LogP contribution is 2.39. The quantitative estimate of drug-likeness (QED) is 0.282. The summed E-state index contributed by atoms with van der Waals surface area (Å²) in [5.74, 6) is 0.418. The fourth-order valence-electron chi connectivity index (χ4n) is 5.41. The highest BCUT2D eigenvalue weighted by atomic mass is 19.3. The maximum absolute atomic E-state index is 13.4. The molecule has 3 aromatic heterocycles. The predicted octanol–water partition coefficient (Wildman–Crippen LogP) is 4.53. The van der Waals surface area contributed by atoms with Crippen molar-refractivity contribution >= 4 is 17.2 Å². The van der Waals surface area contributed by atoms with Crippen molar-refractivity contribution in [1.29, 1.82) is 0 Å². The van der Waals surface area contributed by atoms with Crippen LogP contribution in [0.5, 0.6) is 17.2 Å². The van der Waals surface area contributed by atoms with Gasteiger partial charge in [-0.3, -0.25) is 14.4 Å². The lowest BCUT2D eigenvalue weighted by atomic mass is 9.98. The van der Waals surface area contributed by atoms with Crippen molar-refractivity contribution < 1.29 is 27.8 Å². The van der Waals surface area contributed by atoms with E-state index in [2.05, 4.69) is 31.5 Å². The van der Waals surface area contributed by atoms with Crippen LogP contribution >= 0.6 is 0 Å². The molecule has 7 rings (SSSR count). The Labute approximate surface area is 244 Å². The van der Waals surface area contributed by atoms with Gasteiger partial charge in [-0.05, 0) is 53.9 Å². The molecule has 0 aliphatic carbocycles. The third kappa shape index (κ3) is 5.40. The Morgan fingerprint density at radius 1 is 1.14 bits per heavy atom. The van der Waals surface area contributed by atoms with Gasteiger partial charge in [0.05, 0.1) is 36.7 Å². The minimum absolute atomic E-state index is 0.113. The van der Waals surface area contributed by atoms with Crippen molar-refractivity contribution in [3.63, 3.8) is 0 Å². The maximum Gasteiger partial charge on any atom is 0.387 e. The molecule has 2 aliphatic rings. The number of aromatic nitrogens is 5. The van der Waals surface area contributed by atoms with E-state index in [1.807, 2.05) is 12.1 Å². The number of nitrogens with one attached hydrogen (secondary N) is 1. The van der Waals surface area contributed by atoms with E-state index in [0.29, 0.717) is 23.2 Å². The standard InChI is InChI=1S/C30H27F2N7O4/c1-37-15-25(35-29(40)24-13-34-39-9-2-8-33-28(24)39)27(36-37)23-12-22(5-6-26(23)43-30(31)32)42-21-4-3-18-7-10-38(14-19(18)11-21)20-16-41-17-20/h2-6,8-9,11-13,15,20,30H,7,10,14,16-17H2,1H3,(H,35,40). The average molecular weight is 588 g/mol. The van der Waals surface area contributed by atoms with Gasteiger partial charge in [-0.2, -0.15) is 19.0 Å². The van der Waals surface area contributed by atoms with Gasteiger partial charge in [0.25, 0.3) is 5.91 Å². The van der Waals surface area contributed by atoms with E-state index in [1.54, 1.807) is 43.8 Å². The summed E-state index contributed by atoms with van der Waals surface area (Å²) in [4.78, 5) is 19.9. The lowest BCUT2D eigenvalue weighted by molar-refractivity contribution is -0.0695. The molecule has 0 bridgehead atoms. The molecule has 2 aromatic carbocycles. The minimum Gasteiger partial charge on any atom is -0.457 e. The van der Waals surface area contributed by atoms with Crippen LogP contribution in [0.15, 0.2) is 67.3 Å². The van der Waals surface area contributed by atoms with Gasteiger partial charge < -0.3 is 19.5 Å². The lowest BCUT2D eigenvalue weighted by Gasteiger charge is -2.40. The average Bonchev–Trinajstić information content (AvgIpc) is 3.55. The fourth-order valence-corrected chi connectivity index (χ4v) is 5.41. The SMILES string of the molecule is Cn1cc(NC(=O)c2cnn3cccnc23)c(-c2cc(Oc3ccc4c(c3)CN(C3COC3)CC4)ccc2OC(F)F)n1. The zero-order valence-electron chi connectivity index (χ0n) is 23.1. The van der Waals surface area contributed by atoms with Crippen molar-refractivity contribution in [3.8, 4) is 28.5 Å². The van der Waals surface area contributed by atoms with Crippen LogP contribution in [-0.4, -0.2) is 67.6 Å². The van der Waals surface area contributed by atoms with E-state index in [1.165, 1.54) is 32.6 Å². The summed E-state index contributed by atoms with van der Waals surface area (Å²) in [7, 11) is 1.66. The Bertz CT molecular complexity index is 1820. The largest absolute Gasteiger partial charge is 0.457 e. The Morgan fingerprint density at radius 2 is 1.98 bits per heavy atom. The highest BCUT2D eigenvalue weighted by Gasteiger charge is 2.29. The Morgan fingerprint density at radius 3 is 2.79 bits per heavy atom. The van der Waals surface area contributed by atoms with Gasteiger partial charge in [-0.1, -0.05) is 6.07 Å². The van der Waals surface area contributed by atoms with Crippen molar-refractivity contribution in [2.45, 2.75) is 25.6 Å². The molecule has 1 amide bonds. The minimum atomic E-state index is -3.07. The first-order valence-corrected chi connectivity index (χ1v) is 13.8. The lowest BCUT2D eigenvalue weighted by Crippen LogP contribution is -2.50. The predicted molar refractivity (Wildman–Crippen MR) is 151 cm³/mol. The number of hydrogen-bond acceptors (Lipinski definition) is 8. The third-order valence-corrected chi connectivity index (χ3v) is 7.62. The number of alkyl halides is 2. The number of halogens is 2. The number of hydrogen-bond donors (Lipinski definition) is 1. The Balaban J connectivity index is 1.18. The summed E-state index contributed by atoms with van der Waals surface area (Å²) in [6, 6.07) is 12.7. The Kier molecular flexibility index (Phi) is 6.95. The molecule has 13 heteroatoms. The van der Waals surface area contributed by atoms with Crippen LogP contribution in [0, 0.1) is 0 Å². The maximum atomic E-state index is 13.4. The number of amides is 1. The highest BCUT2D eigenvalue weighted by molar-refractivity contribution is 6.09. The Hall–Kier alpha value is -4.88. The number of carbonyl (C=O) groups excluding carboxylic acids is 1. The zero-order chi connectivity index (χ0) is 29.5. The normalized spacial score (nSPS) is 15.3. The van der Waals surface area contributed by atoms with Gasteiger partial charge in [0.2, 0.25) is 0 Å². The molecule has 11 nitrogen and oxygen atoms in total. The summed E-state index contributed by atoms with van der Waals surface area (Å²) >= 11 is 0. The number of fused-ring (bicyclic) bond motifs is 2. The second kappa shape index (κ2) is 11.1. The first-order chi connectivity index (χ1) is 20.9. The van der Waals surface area contributed by atoms with Crippen LogP contribution in [0.3, 0.4) is 0 Å². The molecule has 2 aliphatic heterocycles. The molecule has 0 saturated carbocycles. The van der Waals surface area contributed by atoms with Crippen molar-refractivity contribution in [1.82, 2.24) is 29.3 Å². The van der Waals surface area contributed by atoms with E-state index >= 15 is 0 Å². The number of aryl methyl sites for hydroxylation is 1. The summed E-state index contributed by atoms with van der Waals surface area (Å²) in [5.41, 5.74) is 3.81. The first-order valence-electron chi connectivity index (χ1n) is 13.8. The molecule has 0 atom stereocenters. The molecular weight excluding hydrogens is 560 g/mol. The fraction of sp³-hybridized carbons (Fsp3) is 0.267.